The van der Waals surface area contributed by atoms with Gasteiger partial charge in [0.15, 0.2) is 10.9 Å². The lowest BCUT2D eigenvalue weighted by Crippen LogP contribution is -2.37. The van der Waals surface area contributed by atoms with Crippen LogP contribution in [0.5, 0.6) is 0 Å². The van der Waals surface area contributed by atoms with Crippen molar-refractivity contribution < 1.29 is 14.1 Å². The fourth-order valence-corrected chi connectivity index (χ4v) is 5.63. The van der Waals surface area contributed by atoms with Gasteiger partial charge in [-0.15, -0.1) is 0 Å². The van der Waals surface area contributed by atoms with E-state index in [1.807, 2.05) is 13.8 Å². The van der Waals surface area contributed by atoms with Crippen LogP contribution in [-0.4, -0.2) is 20.7 Å². The van der Waals surface area contributed by atoms with Crippen molar-refractivity contribution in [2.24, 2.45) is 5.41 Å². The molecular formula is C26H23FN4O4S. The highest BCUT2D eigenvalue weighted by molar-refractivity contribution is 7.98. The van der Waals surface area contributed by atoms with Gasteiger partial charge in [0.05, 0.1) is 10.5 Å². The highest BCUT2D eigenvalue weighted by atomic mass is 32.2. The second-order valence-electron chi connectivity index (χ2n) is 9.79. The summed E-state index contributed by atoms with van der Waals surface area (Å²) < 4.78 is 13.2. The first kappa shape index (κ1) is 23.9. The number of Topliss-reactive ketones (excluding diaryl/α,β-unsaturated/α-hetero) is 1. The molecule has 0 saturated heterocycles. The monoisotopic (exact) mass is 506 g/mol. The third-order valence-electron chi connectivity index (χ3n) is 6.43. The number of H-pyrrole nitrogens is 1. The number of aromatic nitrogens is 2. The number of nitrogens with zero attached hydrogens (tertiary/aromatic N) is 2. The first-order valence-corrected chi connectivity index (χ1v) is 12.4. The van der Waals surface area contributed by atoms with Crippen LogP contribution < -0.4 is 10.9 Å². The Morgan fingerprint density at radius 1 is 1.11 bits per heavy atom. The fraction of sp³-hybridized carbons (Fsp3) is 0.269. The Morgan fingerprint density at radius 3 is 2.47 bits per heavy atom. The third-order valence-corrected chi connectivity index (χ3v) is 7.37. The topological polar surface area (TPSA) is 118 Å². The molecule has 1 atom stereocenters. The van der Waals surface area contributed by atoms with Gasteiger partial charge in [0.25, 0.3) is 11.2 Å². The number of benzene rings is 2. The molecule has 10 heteroatoms. The van der Waals surface area contributed by atoms with Gasteiger partial charge in [0.1, 0.15) is 11.6 Å². The maximum absolute atomic E-state index is 13.4. The molecule has 0 bridgehead atoms. The van der Waals surface area contributed by atoms with Gasteiger partial charge in [-0.2, -0.15) is 0 Å². The molecule has 184 valence electrons. The number of aromatic amines is 1. The van der Waals surface area contributed by atoms with Crippen molar-refractivity contribution in [3.63, 3.8) is 0 Å². The SMILES string of the molecule is CC1(C)CC(=O)C2=C(C1)Nc1nc(SCc3ccc(F)cc3)[nH]c(=O)c1C2c1ccc([N+](=O)[O-])cc1. The van der Waals surface area contributed by atoms with Crippen LogP contribution in [0.4, 0.5) is 15.9 Å². The maximum Gasteiger partial charge on any atom is 0.269 e. The van der Waals surface area contributed by atoms with Crippen molar-refractivity contribution >= 4 is 29.1 Å². The zero-order valence-electron chi connectivity index (χ0n) is 19.6. The van der Waals surface area contributed by atoms with Gasteiger partial charge in [-0.1, -0.05) is 49.9 Å². The Labute approximate surface area is 210 Å². The molecule has 1 unspecified atom stereocenters. The first-order chi connectivity index (χ1) is 17.1. The number of allylic oxidation sites excluding steroid dienone is 2. The van der Waals surface area contributed by atoms with Gasteiger partial charge in [-0.3, -0.25) is 19.7 Å². The van der Waals surface area contributed by atoms with Crippen LogP contribution in [0.2, 0.25) is 0 Å². The molecule has 36 heavy (non-hydrogen) atoms. The van der Waals surface area contributed by atoms with Crippen LogP contribution in [0.1, 0.15) is 49.3 Å². The number of rotatable bonds is 5. The summed E-state index contributed by atoms with van der Waals surface area (Å²) in [5.74, 6) is -0.217. The number of carbonyl (C=O) groups excluding carboxylic acids is 1. The van der Waals surface area contributed by atoms with E-state index in [0.717, 1.165) is 11.3 Å². The number of nitro benzene ring substituents is 1. The molecule has 5 rings (SSSR count). The Kier molecular flexibility index (Phi) is 5.99. The molecule has 1 aliphatic carbocycles. The van der Waals surface area contributed by atoms with Crippen molar-refractivity contribution in [1.82, 2.24) is 9.97 Å². The highest BCUT2D eigenvalue weighted by Crippen LogP contribution is 2.47. The van der Waals surface area contributed by atoms with Gasteiger partial charge in [-0.25, -0.2) is 9.37 Å². The summed E-state index contributed by atoms with van der Waals surface area (Å²) in [6, 6.07) is 12.0. The minimum absolute atomic E-state index is 0.0584. The van der Waals surface area contributed by atoms with Crippen LogP contribution in [0.25, 0.3) is 0 Å². The Hall–Kier alpha value is -3.79. The Morgan fingerprint density at radius 2 is 1.81 bits per heavy atom. The molecule has 1 aromatic heterocycles. The molecule has 3 aromatic rings. The average molecular weight is 507 g/mol. The number of halogens is 1. The summed E-state index contributed by atoms with van der Waals surface area (Å²) in [5.41, 5.74) is 2.31. The average Bonchev–Trinajstić information content (AvgIpc) is 2.81. The molecule has 0 radical (unpaired) electrons. The summed E-state index contributed by atoms with van der Waals surface area (Å²) in [4.78, 5) is 44.8. The summed E-state index contributed by atoms with van der Waals surface area (Å²) in [5, 5.41) is 14.8. The number of hydrogen-bond donors (Lipinski definition) is 2. The van der Waals surface area contributed by atoms with E-state index in [2.05, 4.69) is 15.3 Å². The zero-order valence-corrected chi connectivity index (χ0v) is 20.4. The number of fused-ring (bicyclic) bond motifs is 1. The predicted molar refractivity (Wildman–Crippen MR) is 134 cm³/mol. The van der Waals surface area contributed by atoms with Crippen molar-refractivity contribution in [3.05, 3.63) is 103 Å². The molecule has 8 nitrogen and oxygen atoms in total. The molecule has 2 aliphatic rings. The van der Waals surface area contributed by atoms with Crippen LogP contribution in [-0.2, 0) is 10.5 Å². The minimum Gasteiger partial charge on any atom is -0.343 e. The van der Waals surface area contributed by atoms with Gasteiger partial charge >= 0.3 is 0 Å². The number of nitrogens with one attached hydrogen (secondary N) is 2. The number of ketones is 1. The number of non-ortho nitro benzene ring substituents is 1. The van der Waals surface area contributed by atoms with E-state index >= 15 is 0 Å². The summed E-state index contributed by atoms with van der Waals surface area (Å²) in [7, 11) is 0. The molecular weight excluding hydrogens is 483 g/mol. The number of carbonyl (C=O) groups is 1. The van der Waals surface area contributed by atoms with Gasteiger partial charge in [0.2, 0.25) is 0 Å². The molecule has 1 aliphatic heterocycles. The Bertz CT molecular complexity index is 1460. The van der Waals surface area contributed by atoms with Gasteiger partial charge < -0.3 is 10.3 Å². The quantitative estimate of drug-likeness (QED) is 0.208. The van der Waals surface area contributed by atoms with Gasteiger partial charge in [-0.05, 0) is 35.1 Å². The first-order valence-electron chi connectivity index (χ1n) is 11.4. The van der Waals surface area contributed by atoms with Crippen LogP contribution >= 0.6 is 11.8 Å². The van der Waals surface area contributed by atoms with Crippen LogP contribution in [0, 0.1) is 21.3 Å². The minimum atomic E-state index is -0.687. The summed E-state index contributed by atoms with van der Waals surface area (Å²) in [6.07, 6.45) is 0.937. The standard InChI is InChI=1S/C26H23FN4O4S/c1-26(2)11-18-21(19(32)12-26)20(15-5-9-17(10-6-15)31(34)35)22-23(28-18)29-25(30-24(22)33)36-13-14-3-7-16(27)8-4-14/h3-10,20H,11-13H2,1-2H3,(H2,28,29,30,33). The van der Waals surface area contributed by atoms with Crippen molar-refractivity contribution in [1.29, 1.82) is 0 Å². The second-order valence-corrected chi connectivity index (χ2v) is 10.8. The van der Waals surface area contributed by atoms with E-state index in [1.54, 1.807) is 24.3 Å². The second kappa shape index (κ2) is 9.02. The lowest BCUT2D eigenvalue weighted by atomic mass is 9.69. The van der Waals surface area contributed by atoms with E-state index in [9.17, 15) is 24.1 Å². The predicted octanol–water partition coefficient (Wildman–Crippen LogP) is 5.31. The molecule has 0 amide bonds. The lowest BCUT2D eigenvalue weighted by molar-refractivity contribution is -0.384. The lowest BCUT2D eigenvalue weighted by Gasteiger charge is -2.38. The summed E-state index contributed by atoms with van der Waals surface area (Å²) >= 11 is 1.31. The van der Waals surface area contributed by atoms with Crippen molar-refractivity contribution in [2.75, 3.05) is 5.32 Å². The van der Waals surface area contributed by atoms with E-state index in [-0.39, 0.29) is 28.3 Å². The zero-order chi connectivity index (χ0) is 25.6. The highest BCUT2D eigenvalue weighted by Gasteiger charge is 2.42. The van der Waals surface area contributed by atoms with E-state index in [1.165, 1.54) is 36.0 Å². The van der Waals surface area contributed by atoms with E-state index < -0.39 is 10.8 Å². The van der Waals surface area contributed by atoms with E-state index in [4.69, 9.17) is 0 Å². The molecule has 0 fully saturated rings. The van der Waals surface area contributed by atoms with Gasteiger partial charge in [0, 0.05) is 41.5 Å². The van der Waals surface area contributed by atoms with Crippen molar-refractivity contribution in [3.8, 4) is 0 Å². The Balaban J connectivity index is 1.57. The van der Waals surface area contributed by atoms with Crippen LogP contribution in [0.15, 0.2) is 69.8 Å². The number of thioether (sulfide) groups is 1. The summed E-state index contributed by atoms with van der Waals surface area (Å²) in [6.45, 7) is 4.03. The molecule has 2 aromatic carbocycles. The van der Waals surface area contributed by atoms with Crippen molar-refractivity contribution in [2.45, 2.75) is 43.5 Å². The number of hydrogen-bond acceptors (Lipinski definition) is 7. The third kappa shape index (κ3) is 4.56. The van der Waals surface area contributed by atoms with Crippen LogP contribution in [0.3, 0.4) is 0 Å². The molecule has 2 N–H and O–H groups in total. The molecule has 0 saturated carbocycles. The number of nitro groups is 1. The normalized spacial score (nSPS) is 18.3. The van der Waals surface area contributed by atoms with E-state index in [0.29, 0.717) is 46.3 Å². The number of anilines is 1. The largest absolute Gasteiger partial charge is 0.343 e. The fourth-order valence-electron chi connectivity index (χ4n) is 4.82. The molecule has 2 heterocycles. The molecule has 0 spiro atoms. The smallest absolute Gasteiger partial charge is 0.269 e. The maximum atomic E-state index is 13.4.